The van der Waals surface area contributed by atoms with Crippen LogP contribution in [-0.4, -0.2) is 51.6 Å². The van der Waals surface area contributed by atoms with Gasteiger partial charge in [0, 0.05) is 48.6 Å². The molecule has 1 fully saturated rings. The average molecular weight is 437 g/mol. The Bertz CT molecular complexity index is 956. The second-order valence-electron chi connectivity index (χ2n) is 7.18. The van der Waals surface area contributed by atoms with Crippen LogP contribution < -0.4 is 14.9 Å². The summed E-state index contributed by atoms with van der Waals surface area (Å²) in [6.07, 6.45) is 0. The molecule has 0 saturated carbocycles. The molecular formula is C20H25ClN4O3S. The molecule has 156 valence electrons. The second kappa shape index (κ2) is 9.02. The third-order valence-electron chi connectivity index (χ3n) is 4.55. The molecule has 0 unspecified atom stereocenters. The van der Waals surface area contributed by atoms with Crippen molar-refractivity contribution in [3.8, 4) is 0 Å². The van der Waals surface area contributed by atoms with Crippen molar-refractivity contribution < 1.29 is 13.2 Å². The highest BCUT2D eigenvalue weighted by molar-refractivity contribution is 7.89. The molecular weight excluding hydrogens is 412 g/mol. The summed E-state index contributed by atoms with van der Waals surface area (Å²) in [5.41, 5.74) is 1.60. The minimum atomic E-state index is -3.55. The Hall–Kier alpha value is -2.29. The van der Waals surface area contributed by atoms with E-state index in [1.165, 1.54) is 12.1 Å². The maximum Gasteiger partial charge on any atom is 0.321 e. The lowest BCUT2D eigenvalue weighted by atomic mass is 10.2. The van der Waals surface area contributed by atoms with E-state index in [-0.39, 0.29) is 17.0 Å². The zero-order valence-electron chi connectivity index (χ0n) is 16.4. The van der Waals surface area contributed by atoms with Gasteiger partial charge in [-0.1, -0.05) is 17.7 Å². The van der Waals surface area contributed by atoms with E-state index in [2.05, 4.69) is 14.9 Å². The lowest BCUT2D eigenvalue weighted by Gasteiger charge is -2.36. The predicted octanol–water partition coefficient (Wildman–Crippen LogP) is 3.38. The Morgan fingerprint density at radius 3 is 2.28 bits per heavy atom. The fourth-order valence-corrected chi connectivity index (χ4v) is 4.57. The van der Waals surface area contributed by atoms with E-state index in [0.717, 1.165) is 5.69 Å². The third kappa shape index (κ3) is 5.62. The van der Waals surface area contributed by atoms with Crippen LogP contribution in [0.1, 0.15) is 13.8 Å². The molecule has 2 amide bonds. The summed E-state index contributed by atoms with van der Waals surface area (Å²) in [4.78, 5) is 16.6. The zero-order chi connectivity index (χ0) is 21.0. The minimum absolute atomic E-state index is 0.166. The van der Waals surface area contributed by atoms with E-state index in [4.69, 9.17) is 11.6 Å². The molecule has 9 heteroatoms. The fourth-order valence-electron chi connectivity index (χ4n) is 3.14. The van der Waals surface area contributed by atoms with Crippen LogP contribution in [0.5, 0.6) is 0 Å². The van der Waals surface area contributed by atoms with Crippen molar-refractivity contribution in [2.24, 2.45) is 0 Å². The van der Waals surface area contributed by atoms with Gasteiger partial charge in [0.25, 0.3) is 0 Å². The van der Waals surface area contributed by atoms with Crippen molar-refractivity contribution in [3.63, 3.8) is 0 Å². The van der Waals surface area contributed by atoms with Gasteiger partial charge in [0.05, 0.1) is 4.90 Å². The maximum atomic E-state index is 12.5. The molecule has 29 heavy (non-hydrogen) atoms. The molecule has 0 radical (unpaired) electrons. The van der Waals surface area contributed by atoms with Crippen LogP contribution in [0.25, 0.3) is 0 Å². The molecule has 2 aromatic rings. The van der Waals surface area contributed by atoms with Crippen LogP contribution in [0, 0.1) is 0 Å². The molecule has 0 atom stereocenters. The lowest BCUT2D eigenvalue weighted by Crippen LogP contribution is -2.50. The van der Waals surface area contributed by atoms with Crippen molar-refractivity contribution >= 4 is 39.0 Å². The molecule has 0 aromatic heterocycles. The Morgan fingerprint density at radius 2 is 1.69 bits per heavy atom. The first kappa shape index (κ1) is 21.4. The smallest absolute Gasteiger partial charge is 0.321 e. The largest absolute Gasteiger partial charge is 0.368 e. The quantitative estimate of drug-likeness (QED) is 0.752. The zero-order valence-corrected chi connectivity index (χ0v) is 18.0. The highest BCUT2D eigenvalue weighted by Gasteiger charge is 2.22. The summed E-state index contributed by atoms with van der Waals surface area (Å²) in [6, 6.07) is 13.4. The number of hydrogen-bond donors (Lipinski definition) is 2. The topological polar surface area (TPSA) is 81.8 Å². The number of anilines is 2. The van der Waals surface area contributed by atoms with Gasteiger partial charge in [-0.3, -0.25) is 0 Å². The first-order valence-electron chi connectivity index (χ1n) is 9.43. The van der Waals surface area contributed by atoms with E-state index in [9.17, 15) is 13.2 Å². The van der Waals surface area contributed by atoms with Crippen LogP contribution >= 0.6 is 11.6 Å². The number of sulfonamides is 1. The lowest BCUT2D eigenvalue weighted by molar-refractivity contribution is 0.208. The number of carbonyl (C=O) groups is 1. The Balaban J connectivity index is 1.56. The van der Waals surface area contributed by atoms with E-state index in [0.29, 0.717) is 36.9 Å². The normalized spacial score (nSPS) is 14.9. The Morgan fingerprint density at radius 1 is 1.03 bits per heavy atom. The van der Waals surface area contributed by atoms with Gasteiger partial charge in [-0.25, -0.2) is 17.9 Å². The maximum absolute atomic E-state index is 12.5. The molecule has 2 aromatic carbocycles. The van der Waals surface area contributed by atoms with Gasteiger partial charge in [-0.05, 0) is 56.3 Å². The number of carbonyl (C=O) groups excluding carboxylic acids is 1. The van der Waals surface area contributed by atoms with E-state index in [1.54, 1.807) is 30.9 Å². The van der Waals surface area contributed by atoms with Crippen LogP contribution in [0.3, 0.4) is 0 Å². The molecule has 1 aliphatic heterocycles. The fraction of sp³-hybridized carbons (Fsp3) is 0.350. The average Bonchev–Trinajstić information content (AvgIpc) is 2.67. The van der Waals surface area contributed by atoms with Gasteiger partial charge in [-0.15, -0.1) is 0 Å². The van der Waals surface area contributed by atoms with Crippen molar-refractivity contribution in [1.29, 1.82) is 0 Å². The van der Waals surface area contributed by atoms with Crippen LogP contribution in [0.15, 0.2) is 53.4 Å². The first-order valence-corrected chi connectivity index (χ1v) is 11.3. The Kier molecular flexibility index (Phi) is 6.66. The van der Waals surface area contributed by atoms with Crippen molar-refractivity contribution in [3.05, 3.63) is 53.6 Å². The number of hydrogen-bond acceptors (Lipinski definition) is 4. The van der Waals surface area contributed by atoms with Crippen LogP contribution in [-0.2, 0) is 10.0 Å². The molecule has 3 rings (SSSR count). The van der Waals surface area contributed by atoms with E-state index < -0.39 is 10.0 Å². The molecule has 2 N–H and O–H groups in total. The monoisotopic (exact) mass is 436 g/mol. The molecule has 0 spiro atoms. The van der Waals surface area contributed by atoms with Crippen molar-refractivity contribution in [2.75, 3.05) is 36.4 Å². The van der Waals surface area contributed by atoms with Gasteiger partial charge in [0.15, 0.2) is 0 Å². The number of rotatable bonds is 5. The number of nitrogens with zero attached hydrogens (tertiary/aromatic N) is 2. The summed E-state index contributed by atoms with van der Waals surface area (Å²) in [5, 5.41) is 3.52. The van der Waals surface area contributed by atoms with Crippen molar-refractivity contribution in [2.45, 2.75) is 24.8 Å². The summed E-state index contributed by atoms with van der Waals surface area (Å²) in [5.74, 6) is 0. The number of amides is 2. The van der Waals surface area contributed by atoms with Crippen LogP contribution in [0.4, 0.5) is 16.2 Å². The van der Waals surface area contributed by atoms with Crippen molar-refractivity contribution in [1.82, 2.24) is 9.62 Å². The third-order valence-corrected chi connectivity index (χ3v) is 6.46. The van der Waals surface area contributed by atoms with Gasteiger partial charge in [0.2, 0.25) is 10.0 Å². The minimum Gasteiger partial charge on any atom is -0.368 e. The SMILES string of the molecule is CC(C)NS(=O)(=O)c1ccc(NC(=O)N2CCN(c3cccc(Cl)c3)CC2)cc1. The molecule has 7 nitrogen and oxygen atoms in total. The molecule has 1 saturated heterocycles. The highest BCUT2D eigenvalue weighted by atomic mass is 35.5. The van der Waals surface area contributed by atoms with Crippen LogP contribution in [0.2, 0.25) is 5.02 Å². The number of piperazine rings is 1. The van der Waals surface area contributed by atoms with Gasteiger partial charge in [0.1, 0.15) is 0 Å². The summed E-state index contributed by atoms with van der Waals surface area (Å²) in [7, 11) is -3.55. The number of benzene rings is 2. The standard InChI is InChI=1S/C20H25ClN4O3S/c1-15(2)23-29(27,28)19-8-6-17(7-9-19)22-20(26)25-12-10-24(11-13-25)18-5-3-4-16(21)14-18/h3-9,14-15,23H,10-13H2,1-2H3,(H,22,26). The summed E-state index contributed by atoms with van der Waals surface area (Å²) in [6.45, 7) is 6.13. The molecule has 1 aliphatic rings. The number of halogens is 1. The molecule has 0 bridgehead atoms. The van der Waals surface area contributed by atoms with E-state index in [1.807, 2.05) is 24.3 Å². The van der Waals surface area contributed by atoms with E-state index >= 15 is 0 Å². The van der Waals surface area contributed by atoms with Gasteiger partial charge in [-0.2, -0.15) is 0 Å². The molecule has 0 aliphatic carbocycles. The second-order valence-corrected chi connectivity index (χ2v) is 9.33. The number of nitrogens with one attached hydrogen (secondary N) is 2. The van der Waals surface area contributed by atoms with Gasteiger partial charge < -0.3 is 15.1 Å². The summed E-state index contributed by atoms with van der Waals surface area (Å²) < 4.78 is 26.9. The predicted molar refractivity (Wildman–Crippen MR) is 116 cm³/mol. The Labute approximate surface area is 176 Å². The highest BCUT2D eigenvalue weighted by Crippen LogP contribution is 2.21. The first-order chi connectivity index (χ1) is 13.7. The summed E-state index contributed by atoms with van der Waals surface area (Å²) >= 11 is 6.05. The van der Waals surface area contributed by atoms with Gasteiger partial charge >= 0.3 is 6.03 Å². The molecule has 1 heterocycles. The number of urea groups is 1.